The van der Waals surface area contributed by atoms with Gasteiger partial charge >= 0.3 is 0 Å². The zero-order valence-electron chi connectivity index (χ0n) is 14.8. The van der Waals surface area contributed by atoms with Gasteiger partial charge in [-0.1, -0.05) is 23.9 Å². The van der Waals surface area contributed by atoms with Crippen molar-refractivity contribution < 1.29 is 14.0 Å². The van der Waals surface area contributed by atoms with Crippen LogP contribution < -0.4 is 5.32 Å². The van der Waals surface area contributed by atoms with Gasteiger partial charge in [0.2, 0.25) is 5.91 Å². The summed E-state index contributed by atoms with van der Waals surface area (Å²) in [4.78, 5) is 23.4. The van der Waals surface area contributed by atoms with Crippen LogP contribution in [0.5, 0.6) is 0 Å². The van der Waals surface area contributed by atoms with Crippen LogP contribution in [0.1, 0.15) is 17.3 Å². The normalized spacial score (nSPS) is 10.6. The van der Waals surface area contributed by atoms with E-state index in [1.165, 1.54) is 24.8 Å². The molecule has 2 aromatic carbocycles. The number of hydrogen-bond acceptors (Lipinski definition) is 5. The fraction of sp³-hybridized carbons (Fsp3) is 0.158. The molecule has 27 heavy (non-hydrogen) atoms. The Kier molecular flexibility index (Phi) is 5.66. The van der Waals surface area contributed by atoms with Crippen molar-refractivity contribution >= 4 is 29.1 Å². The molecule has 0 aliphatic heterocycles. The Labute approximate surface area is 159 Å². The van der Waals surface area contributed by atoms with Gasteiger partial charge in [-0.15, -0.1) is 10.2 Å². The van der Waals surface area contributed by atoms with Crippen molar-refractivity contribution in [2.75, 3.05) is 11.1 Å². The lowest BCUT2D eigenvalue weighted by Gasteiger charge is -2.06. The van der Waals surface area contributed by atoms with Crippen molar-refractivity contribution in [2.24, 2.45) is 7.05 Å². The van der Waals surface area contributed by atoms with Gasteiger partial charge in [0, 0.05) is 18.3 Å². The molecule has 0 saturated carbocycles. The molecule has 3 aromatic rings. The number of nitrogens with zero attached hydrogens (tertiary/aromatic N) is 3. The summed E-state index contributed by atoms with van der Waals surface area (Å²) < 4.78 is 15.6. The van der Waals surface area contributed by atoms with Crippen LogP contribution >= 0.6 is 11.8 Å². The highest BCUT2D eigenvalue weighted by Gasteiger charge is 2.15. The molecule has 0 fully saturated rings. The summed E-state index contributed by atoms with van der Waals surface area (Å²) in [6.07, 6.45) is 0. The van der Waals surface area contributed by atoms with E-state index in [0.29, 0.717) is 27.8 Å². The number of halogens is 1. The predicted molar refractivity (Wildman–Crippen MR) is 102 cm³/mol. The Morgan fingerprint density at radius 2 is 1.81 bits per heavy atom. The molecule has 0 unspecified atom stereocenters. The molecule has 6 nitrogen and oxygen atoms in total. The molecule has 0 radical (unpaired) electrons. The fourth-order valence-corrected chi connectivity index (χ4v) is 3.14. The van der Waals surface area contributed by atoms with E-state index in [1.807, 2.05) is 0 Å². The number of carbonyl (C=O) groups is 2. The lowest BCUT2D eigenvalue weighted by atomic mass is 10.1. The summed E-state index contributed by atoms with van der Waals surface area (Å²) in [5, 5.41) is 11.3. The second-order valence-corrected chi connectivity index (χ2v) is 6.76. The van der Waals surface area contributed by atoms with Crippen molar-refractivity contribution in [1.29, 1.82) is 0 Å². The molecule has 0 aliphatic rings. The average molecular weight is 384 g/mol. The van der Waals surface area contributed by atoms with E-state index in [0.717, 1.165) is 0 Å². The number of anilines is 1. The molecule has 1 N–H and O–H groups in total. The first kappa shape index (κ1) is 18.8. The zero-order valence-corrected chi connectivity index (χ0v) is 15.6. The second kappa shape index (κ2) is 8.13. The monoisotopic (exact) mass is 384 g/mol. The van der Waals surface area contributed by atoms with Crippen LogP contribution in [0.25, 0.3) is 11.4 Å². The maximum Gasteiger partial charge on any atom is 0.234 e. The number of ketones is 1. The summed E-state index contributed by atoms with van der Waals surface area (Å²) >= 11 is 1.20. The number of nitrogens with one attached hydrogen (secondary N) is 1. The van der Waals surface area contributed by atoms with Gasteiger partial charge in [-0.05, 0) is 43.3 Å². The topological polar surface area (TPSA) is 76.9 Å². The van der Waals surface area contributed by atoms with Crippen LogP contribution in [-0.2, 0) is 11.8 Å². The van der Waals surface area contributed by atoms with Crippen molar-refractivity contribution in [3.8, 4) is 11.4 Å². The molecule has 0 atom stereocenters. The maximum absolute atomic E-state index is 13.9. The Morgan fingerprint density at radius 3 is 2.48 bits per heavy atom. The van der Waals surface area contributed by atoms with Gasteiger partial charge in [0.05, 0.1) is 11.3 Å². The Hall–Kier alpha value is -3.00. The first-order valence-electron chi connectivity index (χ1n) is 8.13. The molecule has 1 amide bonds. The van der Waals surface area contributed by atoms with Gasteiger partial charge in [0.25, 0.3) is 0 Å². The first-order valence-corrected chi connectivity index (χ1v) is 9.12. The molecular weight excluding hydrogens is 367 g/mol. The smallest absolute Gasteiger partial charge is 0.234 e. The third-order valence-corrected chi connectivity index (χ3v) is 4.88. The van der Waals surface area contributed by atoms with E-state index < -0.39 is 0 Å². The molecule has 0 saturated heterocycles. The highest BCUT2D eigenvalue weighted by molar-refractivity contribution is 7.99. The largest absolute Gasteiger partial charge is 0.325 e. The Balaban J connectivity index is 1.62. The van der Waals surface area contributed by atoms with Crippen molar-refractivity contribution in [3.63, 3.8) is 0 Å². The molecule has 0 bridgehead atoms. The van der Waals surface area contributed by atoms with E-state index in [4.69, 9.17) is 0 Å². The quantitative estimate of drug-likeness (QED) is 0.519. The lowest BCUT2D eigenvalue weighted by molar-refractivity contribution is -0.113. The molecule has 8 heteroatoms. The van der Waals surface area contributed by atoms with E-state index in [-0.39, 0.29) is 23.3 Å². The van der Waals surface area contributed by atoms with E-state index in [2.05, 4.69) is 15.5 Å². The second-order valence-electron chi connectivity index (χ2n) is 5.82. The molecule has 0 aliphatic carbocycles. The summed E-state index contributed by atoms with van der Waals surface area (Å²) in [7, 11) is 1.72. The zero-order chi connectivity index (χ0) is 19.4. The van der Waals surface area contributed by atoms with Gasteiger partial charge in [-0.2, -0.15) is 0 Å². The van der Waals surface area contributed by atoms with Gasteiger partial charge in [0.15, 0.2) is 16.8 Å². The molecule has 1 heterocycles. The van der Waals surface area contributed by atoms with Crippen LogP contribution in [0.15, 0.2) is 53.7 Å². The number of amides is 1. The Bertz CT molecular complexity index is 986. The van der Waals surface area contributed by atoms with Crippen molar-refractivity contribution in [3.05, 3.63) is 59.9 Å². The van der Waals surface area contributed by atoms with Gasteiger partial charge in [0.1, 0.15) is 5.82 Å². The highest BCUT2D eigenvalue weighted by Crippen LogP contribution is 2.24. The van der Waals surface area contributed by atoms with Gasteiger partial charge < -0.3 is 9.88 Å². The van der Waals surface area contributed by atoms with Crippen LogP contribution in [-0.4, -0.2) is 32.2 Å². The minimum Gasteiger partial charge on any atom is -0.325 e. The summed E-state index contributed by atoms with van der Waals surface area (Å²) in [6, 6.07) is 13.0. The molecular formula is C19H17FN4O2S. The molecule has 138 valence electrons. The Morgan fingerprint density at radius 1 is 1.11 bits per heavy atom. The van der Waals surface area contributed by atoms with Gasteiger partial charge in [-0.3, -0.25) is 9.59 Å². The number of thioether (sulfide) groups is 1. The number of carbonyl (C=O) groups excluding carboxylic acids is 2. The van der Waals surface area contributed by atoms with E-state index >= 15 is 0 Å². The lowest BCUT2D eigenvalue weighted by Crippen LogP contribution is -2.14. The highest BCUT2D eigenvalue weighted by atomic mass is 32.2. The minimum absolute atomic E-state index is 0.0311. The van der Waals surface area contributed by atoms with E-state index in [1.54, 1.807) is 54.1 Å². The minimum atomic E-state index is -0.378. The summed E-state index contributed by atoms with van der Waals surface area (Å²) in [5.74, 6) is -0.105. The third-order valence-electron chi connectivity index (χ3n) is 3.86. The van der Waals surface area contributed by atoms with Crippen LogP contribution in [0.3, 0.4) is 0 Å². The van der Waals surface area contributed by atoms with Crippen LogP contribution in [0.2, 0.25) is 0 Å². The molecule has 1 aromatic heterocycles. The van der Waals surface area contributed by atoms with Crippen molar-refractivity contribution in [1.82, 2.24) is 14.8 Å². The standard InChI is InChI=1S/C19H17FN4O2S/c1-12(25)13-7-9-14(10-8-13)21-17(26)11-27-19-23-22-18(24(19)2)15-5-3-4-6-16(15)20/h3-10H,11H2,1-2H3,(H,21,26). The SMILES string of the molecule is CC(=O)c1ccc(NC(=O)CSc2nnc(-c3ccccc3F)n2C)cc1. The maximum atomic E-state index is 13.9. The molecule has 0 spiro atoms. The average Bonchev–Trinajstić information content (AvgIpc) is 3.01. The number of benzene rings is 2. The van der Waals surface area contributed by atoms with E-state index in [9.17, 15) is 14.0 Å². The summed E-state index contributed by atoms with van der Waals surface area (Å²) in [5.41, 5.74) is 1.55. The number of rotatable bonds is 6. The number of hydrogen-bond donors (Lipinski definition) is 1. The number of aromatic nitrogens is 3. The predicted octanol–water partition coefficient (Wildman–Crippen LogP) is 3.55. The third kappa shape index (κ3) is 4.40. The first-order chi connectivity index (χ1) is 13.0. The van der Waals surface area contributed by atoms with Gasteiger partial charge in [-0.25, -0.2) is 4.39 Å². The van der Waals surface area contributed by atoms with Crippen molar-refractivity contribution in [2.45, 2.75) is 12.1 Å². The van der Waals surface area contributed by atoms with Crippen LogP contribution in [0, 0.1) is 5.82 Å². The fourth-order valence-electron chi connectivity index (χ4n) is 2.43. The molecule has 3 rings (SSSR count). The number of Topliss-reactive ketones (excluding diaryl/α,β-unsaturated/α-hetero) is 1. The van der Waals surface area contributed by atoms with Crippen LogP contribution in [0.4, 0.5) is 10.1 Å². The summed E-state index contributed by atoms with van der Waals surface area (Å²) in [6.45, 7) is 1.49.